The van der Waals surface area contributed by atoms with Crippen LogP contribution in [0, 0.1) is 0 Å². The molecular formula is C14H22N4O. The summed E-state index contributed by atoms with van der Waals surface area (Å²) in [4.78, 5) is 18.0. The number of hydrogen-bond acceptors (Lipinski definition) is 4. The van der Waals surface area contributed by atoms with E-state index in [1.165, 1.54) is 0 Å². The molecule has 1 aromatic rings. The second kappa shape index (κ2) is 6.97. The molecule has 2 heterocycles. The molecule has 2 N–H and O–H groups in total. The predicted molar refractivity (Wildman–Crippen MR) is 77.3 cm³/mol. The molecule has 1 aromatic heterocycles. The van der Waals surface area contributed by atoms with Crippen molar-refractivity contribution < 1.29 is 4.79 Å². The maximum Gasteiger partial charge on any atom is 0.241 e. The molecule has 104 valence electrons. The smallest absolute Gasteiger partial charge is 0.241 e. The van der Waals surface area contributed by atoms with E-state index in [-0.39, 0.29) is 5.91 Å². The number of anilines is 2. The Hall–Kier alpha value is -1.78. The quantitative estimate of drug-likeness (QED) is 0.822. The zero-order valence-electron chi connectivity index (χ0n) is 11.5. The van der Waals surface area contributed by atoms with Gasteiger partial charge in [0.25, 0.3) is 0 Å². The lowest BCUT2D eigenvalue weighted by atomic mass is 10.3. The maximum atomic E-state index is 11.9. The fourth-order valence-electron chi connectivity index (χ4n) is 2.16. The van der Waals surface area contributed by atoms with Crippen molar-refractivity contribution in [2.45, 2.75) is 26.2 Å². The lowest BCUT2D eigenvalue weighted by Gasteiger charge is -2.16. The highest BCUT2D eigenvalue weighted by atomic mass is 16.2. The van der Waals surface area contributed by atoms with E-state index in [9.17, 15) is 4.79 Å². The molecule has 0 atom stereocenters. The highest BCUT2D eigenvalue weighted by Crippen LogP contribution is 2.13. The van der Waals surface area contributed by atoms with Gasteiger partial charge in [-0.25, -0.2) is 0 Å². The number of pyridine rings is 1. The van der Waals surface area contributed by atoms with Crippen molar-refractivity contribution in [2.75, 3.05) is 36.8 Å². The number of rotatable bonds is 6. The van der Waals surface area contributed by atoms with Crippen LogP contribution in [-0.2, 0) is 4.79 Å². The van der Waals surface area contributed by atoms with Crippen LogP contribution in [0.15, 0.2) is 18.5 Å². The van der Waals surface area contributed by atoms with Crippen LogP contribution in [0.2, 0.25) is 0 Å². The third kappa shape index (κ3) is 4.12. The Labute approximate surface area is 114 Å². The van der Waals surface area contributed by atoms with Crippen LogP contribution in [0.3, 0.4) is 0 Å². The minimum atomic E-state index is 0.171. The summed E-state index contributed by atoms with van der Waals surface area (Å²) in [6, 6.07) is 1.99. The molecule has 1 saturated heterocycles. The van der Waals surface area contributed by atoms with E-state index in [4.69, 9.17) is 0 Å². The van der Waals surface area contributed by atoms with Crippen molar-refractivity contribution in [1.82, 2.24) is 9.88 Å². The lowest BCUT2D eigenvalue weighted by molar-refractivity contribution is -0.128. The van der Waals surface area contributed by atoms with E-state index in [2.05, 4.69) is 22.5 Å². The van der Waals surface area contributed by atoms with Crippen molar-refractivity contribution in [3.63, 3.8) is 0 Å². The monoisotopic (exact) mass is 262 g/mol. The molecule has 0 spiro atoms. The summed E-state index contributed by atoms with van der Waals surface area (Å²) >= 11 is 0. The number of hydrogen-bond donors (Lipinski definition) is 2. The second-order valence-corrected chi connectivity index (χ2v) is 4.83. The number of nitrogens with zero attached hydrogens (tertiary/aromatic N) is 2. The number of likely N-dealkylation sites (tertiary alicyclic amines) is 1. The van der Waals surface area contributed by atoms with Gasteiger partial charge in [-0.1, -0.05) is 6.92 Å². The zero-order valence-corrected chi connectivity index (χ0v) is 11.5. The molecule has 0 radical (unpaired) electrons. The van der Waals surface area contributed by atoms with Gasteiger partial charge in [-0.15, -0.1) is 0 Å². The normalized spacial score (nSPS) is 14.5. The van der Waals surface area contributed by atoms with E-state index < -0.39 is 0 Å². The van der Waals surface area contributed by atoms with Gasteiger partial charge in [-0.2, -0.15) is 0 Å². The van der Waals surface area contributed by atoms with E-state index in [0.29, 0.717) is 6.54 Å². The Morgan fingerprint density at radius 2 is 1.95 bits per heavy atom. The summed E-state index contributed by atoms with van der Waals surface area (Å²) in [7, 11) is 0. The Balaban J connectivity index is 1.83. The summed E-state index contributed by atoms with van der Waals surface area (Å²) < 4.78 is 0. The molecule has 5 heteroatoms. The van der Waals surface area contributed by atoms with E-state index in [1.54, 1.807) is 12.4 Å². The van der Waals surface area contributed by atoms with Crippen molar-refractivity contribution in [1.29, 1.82) is 0 Å². The molecule has 0 unspecified atom stereocenters. The number of carbonyl (C=O) groups excluding carboxylic acids is 1. The van der Waals surface area contributed by atoms with Crippen LogP contribution in [0.4, 0.5) is 11.4 Å². The minimum Gasteiger partial charge on any atom is -0.384 e. The first-order valence-corrected chi connectivity index (χ1v) is 7.00. The van der Waals surface area contributed by atoms with Gasteiger partial charge in [0, 0.05) is 19.6 Å². The summed E-state index contributed by atoms with van der Waals surface area (Å²) in [5.41, 5.74) is 1.87. The average Bonchev–Trinajstić information content (AvgIpc) is 2.97. The van der Waals surface area contributed by atoms with Crippen molar-refractivity contribution in [3.8, 4) is 0 Å². The fraction of sp³-hybridized carbons (Fsp3) is 0.571. The molecule has 5 nitrogen and oxygen atoms in total. The molecule has 0 saturated carbocycles. The first-order chi connectivity index (χ1) is 9.29. The van der Waals surface area contributed by atoms with Crippen molar-refractivity contribution in [2.24, 2.45) is 0 Å². The second-order valence-electron chi connectivity index (χ2n) is 4.83. The van der Waals surface area contributed by atoms with Gasteiger partial charge in [-0.3, -0.25) is 9.78 Å². The van der Waals surface area contributed by atoms with Gasteiger partial charge in [0.2, 0.25) is 5.91 Å². The van der Waals surface area contributed by atoms with Crippen LogP contribution in [-0.4, -0.2) is 42.0 Å². The van der Waals surface area contributed by atoms with Crippen LogP contribution in [0.1, 0.15) is 26.2 Å². The van der Waals surface area contributed by atoms with Crippen LogP contribution in [0.25, 0.3) is 0 Å². The Morgan fingerprint density at radius 1 is 1.26 bits per heavy atom. The summed E-state index contributed by atoms with van der Waals surface area (Å²) in [5.74, 6) is 0.171. The number of nitrogens with one attached hydrogen (secondary N) is 2. The molecule has 0 bridgehead atoms. The summed E-state index contributed by atoms with van der Waals surface area (Å²) in [5, 5.41) is 6.42. The van der Waals surface area contributed by atoms with Crippen LogP contribution in [0.5, 0.6) is 0 Å². The van der Waals surface area contributed by atoms with Gasteiger partial charge in [0.1, 0.15) is 0 Å². The van der Waals surface area contributed by atoms with Crippen molar-refractivity contribution in [3.05, 3.63) is 18.5 Å². The van der Waals surface area contributed by atoms with Crippen LogP contribution < -0.4 is 10.6 Å². The van der Waals surface area contributed by atoms with Crippen LogP contribution >= 0.6 is 0 Å². The first kappa shape index (κ1) is 13.6. The van der Waals surface area contributed by atoms with Gasteiger partial charge >= 0.3 is 0 Å². The largest absolute Gasteiger partial charge is 0.384 e. The van der Waals surface area contributed by atoms with Gasteiger partial charge in [0.05, 0.1) is 30.3 Å². The molecule has 0 aliphatic carbocycles. The number of carbonyl (C=O) groups is 1. The third-order valence-electron chi connectivity index (χ3n) is 3.22. The highest BCUT2D eigenvalue weighted by Gasteiger charge is 2.17. The molecule has 0 aromatic carbocycles. The third-order valence-corrected chi connectivity index (χ3v) is 3.22. The highest BCUT2D eigenvalue weighted by molar-refractivity contribution is 5.81. The summed E-state index contributed by atoms with van der Waals surface area (Å²) in [6.07, 6.45) is 6.87. The minimum absolute atomic E-state index is 0.171. The van der Waals surface area contributed by atoms with E-state index >= 15 is 0 Å². The fourth-order valence-corrected chi connectivity index (χ4v) is 2.16. The SMILES string of the molecule is CCCNc1cncc(NCC(=O)N2CCCC2)c1. The standard InChI is InChI=1S/C14H22N4O/c1-2-5-16-12-8-13(10-15-9-12)17-11-14(19)18-6-3-4-7-18/h8-10,16-17H,2-7,11H2,1H3. The van der Waals surface area contributed by atoms with Gasteiger partial charge in [-0.05, 0) is 25.3 Å². The number of aromatic nitrogens is 1. The first-order valence-electron chi connectivity index (χ1n) is 7.00. The Kier molecular flexibility index (Phi) is 5.01. The molecule has 1 aliphatic rings. The zero-order chi connectivity index (χ0) is 13.5. The Bertz CT molecular complexity index is 416. The molecule has 2 rings (SSSR count). The van der Waals surface area contributed by atoms with E-state index in [1.807, 2.05) is 11.0 Å². The predicted octanol–water partition coefficient (Wildman–Crippen LogP) is 1.94. The Morgan fingerprint density at radius 3 is 2.63 bits per heavy atom. The molecule has 1 amide bonds. The van der Waals surface area contributed by atoms with Gasteiger partial charge < -0.3 is 15.5 Å². The van der Waals surface area contributed by atoms with E-state index in [0.717, 1.165) is 50.3 Å². The van der Waals surface area contributed by atoms with Gasteiger partial charge in [0.15, 0.2) is 0 Å². The number of amides is 1. The molecule has 1 fully saturated rings. The molecule has 19 heavy (non-hydrogen) atoms. The van der Waals surface area contributed by atoms with Crippen molar-refractivity contribution >= 4 is 17.3 Å². The average molecular weight is 262 g/mol. The molecule has 1 aliphatic heterocycles. The lowest BCUT2D eigenvalue weighted by Crippen LogP contribution is -2.32. The molecular weight excluding hydrogens is 240 g/mol. The topological polar surface area (TPSA) is 57.3 Å². The summed E-state index contributed by atoms with van der Waals surface area (Å²) in [6.45, 7) is 5.20. The maximum absolute atomic E-state index is 11.9.